The lowest BCUT2D eigenvalue weighted by Gasteiger charge is -2.43. The number of likely N-dealkylation sites (tertiary alicyclic amines) is 1. The third-order valence-corrected chi connectivity index (χ3v) is 4.51. The molecule has 1 spiro atoms. The fourth-order valence-corrected chi connectivity index (χ4v) is 3.49. The molecule has 2 aliphatic heterocycles. The van der Waals surface area contributed by atoms with Gasteiger partial charge in [-0.05, 0) is 20.0 Å². The average Bonchev–Trinajstić information content (AvgIpc) is 2.83. The van der Waals surface area contributed by atoms with Crippen LogP contribution < -0.4 is 9.64 Å². The normalized spacial score (nSPS) is 20.0. The highest BCUT2D eigenvalue weighted by Gasteiger charge is 2.53. The Morgan fingerprint density at radius 2 is 2.04 bits per heavy atom. The number of carbonyl (C=O) groups is 1. The first-order valence-corrected chi connectivity index (χ1v) is 7.50. The predicted octanol–water partition coefficient (Wildman–Crippen LogP) is 1.59. The Balaban J connectivity index is 1.79. The zero-order valence-electron chi connectivity index (χ0n) is 13.4. The summed E-state index contributed by atoms with van der Waals surface area (Å²) in [6, 6.07) is 3.75. The van der Waals surface area contributed by atoms with Crippen LogP contribution in [-0.2, 0) is 4.74 Å². The van der Waals surface area contributed by atoms with Gasteiger partial charge in [0.1, 0.15) is 12.1 Å². The van der Waals surface area contributed by atoms with Gasteiger partial charge in [0.25, 0.3) is 0 Å². The number of likely N-dealkylation sites (N-methyl/N-ethyl adjacent to an activating group) is 1. The largest absolute Gasteiger partial charge is 0.494 e. The molecule has 0 atom stereocenters. The molecule has 0 saturated carbocycles. The Morgan fingerprint density at radius 1 is 1.26 bits per heavy atom. The van der Waals surface area contributed by atoms with Crippen LogP contribution in [0.3, 0.4) is 0 Å². The molecule has 7 nitrogen and oxygen atoms in total. The van der Waals surface area contributed by atoms with Gasteiger partial charge < -0.3 is 9.47 Å². The van der Waals surface area contributed by atoms with E-state index in [9.17, 15) is 4.79 Å². The summed E-state index contributed by atoms with van der Waals surface area (Å²) in [4.78, 5) is 24.7. The third kappa shape index (κ3) is 2.11. The first-order chi connectivity index (χ1) is 11.0. The first kappa shape index (κ1) is 14.2. The minimum atomic E-state index is -0.395. The summed E-state index contributed by atoms with van der Waals surface area (Å²) in [5.41, 5.74) is 1.97. The molecule has 0 unspecified atom stereocenters. The van der Waals surface area contributed by atoms with Crippen LogP contribution >= 0.6 is 0 Å². The molecule has 4 rings (SSSR count). The van der Waals surface area contributed by atoms with Gasteiger partial charge in [-0.2, -0.15) is 0 Å². The average molecular weight is 314 g/mol. The number of anilines is 1. The SMILES string of the molecule is COc1cc2ncnc(C)c2cc1N1CC2(CN(C)C2)OC1=O. The van der Waals surface area contributed by atoms with Crippen molar-refractivity contribution < 1.29 is 14.3 Å². The van der Waals surface area contributed by atoms with Gasteiger partial charge in [-0.15, -0.1) is 0 Å². The number of hydrogen-bond acceptors (Lipinski definition) is 6. The molecule has 0 aliphatic carbocycles. The maximum Gasteiger partial charge on any atom is 0.415 e. The molecule has 3 heterocycles. The highest BCUT2D eigenvalue weighted by atomic mass is 16.6. The number of carbonyl (C=O) groups excluding carboxylic acids is 1. The molecule has 120 valence electrons. The molecular formula is C16H18N4O3. The van der Waals surface area contributed by atoms with Crippen LogP contribution in [0.1, 0.15) is 5.69 Å². The van der Waals surface area contributed by atoms with Crippen LogP contribution in [0, 0.1) is 6.92 Å². The molecule has 23 heavy (non-hydrogen) atoms. The highest BCUT2D eigenvalue weighted by molar-refractivity contribution is 5.97. The van der Waals surface area contributed by atoms with E-state index in [1.165, 1.54) is 6.33 Å². The number of ether oxygens (including phenoxy) is 2. The monoisotopic (exact) mass is 314 g/mol. The predicted molar refractivity (Wildman–Crippen MR) is 84.9 cm³/mol. The van der Waals surface area contributed by atoms with Crippen molar-refractivity contribution in [2.45, 2.75) is 12.5 Å². The number of hydrogen-bond donors (Lipinski definition) is 0. The van der Waals surface area contributed by atoms with Crippen molar-refractivity contribution in [3.05, 3.63) is 24.2 Å². The van der Waals surface area contributed by atoms with Crippen molar-refractivity contribution in [2.24, 2.45) is 0 Å². The van der Waals surface area contributed by atoms with Crippen molar-refractivity contribution in [3.63, 3.8) is 0 Å². The van der Waals surface area contributed by atoms with E-state index in [1.54, 1.807) is 12.0 Å². The molecule has 0 N–H and O–H groups in total. The van der Waals surface area contributed by atoms with Gasteiger partial charge in [0, 0.05) is 30.2 Å². The number of methoxy groups -OCH3 is 1. The fourth-order valence-electron chi connectivity index (χ4n) is 3.49. The third-order valence-electron chi connectivity index (χ3n) is 4.51. The smallest absolute Gasteiger partial charge is 0.415 e. The molecule has 1 aromatic heterocycles. The second kappa shape index (κ2) is 4.79. The summed E-state index contributed by atoms with van der Waals surface area (Å²) in [6.07, 6.45) is 1.20. The Morgan fingerprint density at radius 3 is 2.74 bits per heavy atom. The van der Waals surface area contributed by atoms with E-state index in [-0.39, 0.29) is 6.09 Å². The summed E-state index contributed by atoms with van der Waals surface area (Å²) in [7, 11) is 3.60. The minimum Gasteiger partial charge on any atom is -0.494 e. The summed E-state index contributed by atoms with van der Waals surface area (Å²) in [6.45, 7) is 3.97. The Kier molecular flexibility index (Phi) is 2.96. The van der Waals surface area contributed by atoms with Crippen molar-refractivity contribution >= 4 is 22.7 Å². The van der Waals surface area contributed by atoms with Crippen molar-refractivity contribution in [2.75, 3.05) is 38.7 Å². The van der Waals surface area contributed by atoms with E-state index in [0.717, 1.165) is 29.7 Å². The standard InChI is InChI=1S/C16H18N4O3/c1-10-11-4-13(14(22-3)5-12(11)18-9-17-10)20-8-16(23-15(20)21)6-19(2)7-16/h4-5,9H,6-8H2,1-3H3. The summed E-state index contributed by atoms with van der Waals surface area (Å²) >= 11 is 0. The van der Waals surface area contributed by atoms with Crippen LogP contribution in [-0.4, -0.2) is 60.4 Å². The Hall–Kier alpha value is -2.41. The topological polar surface area (TPSA) is 67.8 Å². The van der Waals surface area contributed by atoms with E-state index in [2.05, 4.69) is 14.9 Å². The van der Waals surface area contributed by atoms with Gasteiger partial charge >= 0.3 is 6.09 Å². The number of amides is 1. The van der Waals surface area contributed by atoms with Crippen LogP contribution in [0.2, 0.25) is 0 Å². The van der Waals surface area contributed by atoms with Crippen LogP contribution in [0.5, 0.6) is 5.75 Å². The lowest BCUT2D eigenvalue weighted by atomic mass is 9.95. The summed E-state index contributed by atoms with van der Waals surface area (Å²) in [5, 5.41) is 0.905. The van der Waals surface area contributed by atoms with Gasteiger partial charge in [-0.25, -0.2) is 14.8 Å². The van der Waals surface area contributed by atoms with E-state index in [1.807, 2.05) is 26.1 Å². The van der Waals surface area contributed by atoms with E-state index < -0.39 is 5.60 Å². The molecule has 0 radical (unpaired) electrons. The maximum absolute atomic E-state index is 12.4. The molecule has 1 amide bonds. The number of aryl methyl sites for hydroxylation is 1. The number of aromatic nitrogens is 2. The van der Waals surface area contributed by atoms with Gasteiger partial charge in [-0.1, -0.05) is 0 Å². The maximum atomic E-state index is 12.4. The molecule has 1 aromatic carbocycles. The van der Waals surface area contributed by atoms with Crippen molar-refractivity contribution in [1.82, 2.24) is 14.9 Å². The van der Waals surface area contributed by atoms with E-state index >= 15 is 0 Å². The fraction of sp³-hybridized carbons (Fsp3) is 0.438. The van der Waals surface area contributed by atoms with E-state index in [4.69, 9.17) is 9.47 Å². The van der Waals surface area contributed by atoms with Crippen LogP contribution in [0.25, 0.3) is 10.9 Å². The van der Waals surface area contributed by atoms with Gasteiger partial charge in [-0.3, -0.25) is 9.80 Å². The summed E-state index contributed by atoms with van der Waals surface area (Å²) < 4.78 is 11.1. The van der Waals surface area contributed by atoms with Crippen molar-refractivity contribution in [3.8, 4) is 5.75 Å². The lowest BCUT2D eigenvalue weighted by Crippen LogP contribution is -2.62. The molecule has 2 aromatic rings. The number of nitrogens with zero attached hydrogens (tertiary/aromatic N) is 4. The molecule has 7 heteroatoms. The number of rotatable bonds is 2. The number of benzene rings is 1. The molecule has 0 bridgehead atoms. The van der Waals surface area contributed by atoms with Gasteiger partial charge in [0.15, 0.2) is 5.60 Å². The number of fused-ring (bicyclic) bond motifs is 1. The molecule has 2 saturated heterocycles. The zero-order valence-corrected chi connectivity index (χ0v) is 13.4. The quantitative estimate of drug-likeness (QED) is 0.838. The van der Waals surface area contributed by atoms with Gasteiger partial charge in [0.05, 0.1) is 24.9 Å². The van der Waals surface area contributed by atoms with Gasteiger partial charge in [0.2, 0.25) is 0 Å². The Labute approximate surface area is 133 Å². The highest BCUT2D eigenvalue weighted by Crippen LogP contribution is 2.39. The van der Waals surface area contributed by atoms with Crippen LogP contribution in [0.15, 0.2) is 18.5 Å². The van der Waals surface area contributed by atoms with Crippen LogP contribution in [0.4, 0.5) is 10.5 Å². The first-order valence-electron chi connectivity index (χ1n) is 7.50. The van der Waals surface area contributed by atoms with Crippen molar-refractivity contribution in [1.29, 1.82) is 0 Å². The second-order valence-electron chi connectivity index (χ2n) is 6.31. The van der Waals surface area contributed by atoms with E-state index in [0.29, 0.717) is 18.0 Å². The lowest BCUT2D eigenvalue weighted by molar-refractivity contribution is -0.0599. The molecule has 2 fully saturated rings. The molecular weight excluding hydrogens is 296 g/mol. The Bertz CT molecular complexity index is 801. The second-order valence-corrected chi connectivity index (χ2v) is 6.31. The molecule has 2 aliphatic rings. The summed E-state index contributed by atoms with van der Waals surface area (Å²) in [5.74, 6) is 0.609. The minimum absolute atomic E-state index is 0.328. The zero-order chi connectivity index (χ0) is 16.2.